The molecule has 1 heterocycles. The summed E-state index contributed by atoms with van der Waals surface area (Å²) in [6, 6.07) is 0. The minimum atomic E-state index is -1.90. The van der Waals surface area contributed by atoms with Crippen LogP contribution in [0.15, 0.2) is 36.5 Å². The van der Waals surface area contributed by atoms with Gasteiger partial charge in [0.05, 0.1) is 6.61 Å². The molecule has 6 atom stereocenters. The summed E-state index contributed by atoms with van der Waals surface area (Å²) >= 11 is 0. The lowest BCUT2D eigenvalue weighted by atomic mass is 9.98. The first-order valence-electron chi connectivity index (χ1n) is 26.0. The lowest BCUT2D eigenvalue weighted by Gasteiger charge is -2.40. The van der Waals surface area contributed by atoms with Gasteiger partial charge in [-0.1, -0.05) is 160 Å². The molecule has 0 aromatic heterocycles. The van der Waals surface area contributed by atoms with Crippen molar-refractivity contribution in [2.24, 2.45) is 0 Å². The van der Waals surface area contributed by atoms with Gasteiger partial charge in [-0.15, -0.1) is 0 Å². The zero-order valence-corrected chi connectivity index (χ0v) is 41.0. The van der Waals surface area contributed by atoms with Crippen LogP contribution in [-0.2, 0) is 42.9 Å². The van der Waals surface area contributed by atoms with Crippen LogP contribution in [0.3, 0.4) is 0 Å². The van der Waals surface area contributed by atoms with Gasteiger partial charge in [0, 0.05) is 19.3 Å². The van der Waals surface area contributed by atoms with Gasteiger partial charge in [-0.25, -0.2) is 4.79 Å². The minimum absolute atomic E-state index is 0.0498. The lowest BCUT2D eigenvalue weighted by Crippen LogP contribution is -2.61. The summed E-state index contributed by atoms with van der Waals surface area (Å²) in [5.41, 5.74) is 0. The number of carboxylic acids is 1. The van der Waals surface area contributed by atoms with E-state index in [-0.39, 0.29) is 25.9 Å². The van der Waals surface area contributed by atoms with E-state index in [2.05, 4.69) is 57.2 Å². The van der Waals surface area contributed by atoms with Crippen LogP contribution in [0.5, 0.6) is 0 Å². The number of carbonyl (C=O) groups is 4. The number of esters is 3. The van der Waals surface area contributed by atoms with Gasteiger partial charge in [-0.05, 0) is 83.5 Å². The zero-order valence-electron chi connectivity index (χ0n) is 41.0. The first-order chi connectivity index (χ1) is 31.6. The summed E-state index contributed by atoms with van der Waals surface area (Å²) in [5.74, 6) is -3.15. The Morgan fingerprint density at radius 1 is 0.492 bits per heavy atom. The van der Waals surface area contributed by atoms with Gasteiger partial charge >= 0.3 is 23.9 Å². The molecule has 3 N–H and O–H groups in total. The van der Waals surface area contributed by atoms with E-state index in [4.69, 9.17) is 23.7 Å². The van der Waals surface area contributed by atoms with Crippen molar-refractivity contribution in [1.29, 1.82) is 0 Å². The smallest absolute Gasteiger partial charge is 0.335 e. The Kier molecular flexibility index (Phi) is 39.0. The SMILES string of the molecule is CCCC/C=C\CCCCCCCC(=O)OC(COC(=O)CCCCCCC/C=C\CCCCCC)COC1OC(C(=O)O)C(O)C(O)C1OC(=O)CCCCCCC/C=C\CCCC. The highest BCUT2D eigenvalue weighted by atomic mass is 16.7. The molecule has 12 heteroatoms. The maximum Gasteiger partial charge on any atom is 0.335 e. The van der Waals surface area contributed by atoms with E-state index in [9.17, 15) is 34.5 Å². The quantitative estimate of drug-likeness (QED) is 0.0229. The van der Waals surface area contributed by atoms with Gasteiger partial charge in [-0.2, -0.15) is 0 Å². The number of hydrogen-bond donors (Lipinski definition) is 3. The highest BCUT2D eigenvalue weighted by Gasteiger charge is 2.50. The average molecular weight is 921 g/mol. The molecule has 1 aliphatic rings. The van der Waals surface area contributed by atoms with Crippen molar-refractivity contribution < 1.29 is 58.2 Å². The number of ether oxygens (including phenoxy) is 5. The summed E-state index contributed by atoms with van der Waals surface area (Å²) in [4.78, 5) is 50.7. The van der Waals surface area contributed by atoms with Gasteiger partial charge in [0.15, 0.2) is 24.6 Å². The highest BCUT2D eigenvalue weighted by molar-refractivity contribution is 5.74. The monoisotopic (exact) mass is 921 g/mol. The van der Waals surface area contributed by atoms with Crippen LogP contribution in [0.4, 0.5) is 0 Å². The van der Waals surface area contributed by atoms with E-state index in [1.165, 1.54) is 51.4 Å². The van der Waals surface area contributed by atoms with Crippen LogP contribution in [-0.4, -0.2) is 89.2 Å². The summed E-state index contributed by atoms with van der Waals surface area (Å²) in [7, 11) is 0. The van der Waals surface area contributed by atoms with Crippen molar-refractivity contribution in [2.45, 2.75) is 263 Å². The standard InChI is InChI=1S/C53H92O12/c1-4-7-10-13-16-19-22-23-26-27-30-33-36-39-45(54)61-42-44(63-46(55)40-37-34-31-28-24-20-17-14-11-8-5-2)43-62-53-51(49(58)48(57)50(65-53)52(59)60)64-47(56)41-38-35-32-29-25-21-18-15-12-9-6-3/h14-15,17-19,22,44,48-51,53,57-58H,4-13,16,20-21,23-43H2,1-3H3,(H,59,60)/b17-14-,18-15-,22-19-. The fraction of sp³-hybridized carbons (Fsp3) is 0.811. The molecule has 0 aliphatic carbocycles. The third kappa shape index (κ3) is 33.1. The molecule has 0 bridgehead atoms. The average Bonchev–Trinajstić information content (AvgIpc) is 3.29. The zero-order chi connectivity index (χ0) is 47.6. The van der Waals surface area contributed by atoms with Crippen LogP contribution in [0.1, 0.15) is 226 Å². The van der Waals surface area contributed by atoms with Crippen molar-refractivity contribution in [3.05, 3.63) is 36.5 Å². The number of allylic oxidation sites excluding steroid dienone is 6. The summed E-state index contributed by atoms with van der Waals surface area (Å²) in [6.07, 6.45) is 34.3. The van der Waals surface area contributed by atoms with Crippen LogP contribution >= 0.6 is 0 Å². The topological polar surface area (TPSA) is 175 Å². The molecule has 1 fully saturated rings. The van der Waals surface area contributed by atoms with Crippen molar-refractivity contribution in [1.82, 2.24) is 0 Å². The lowest BCUT2D eigenvalue weighted by molar-refractivity contribution is -0.301. The van der Waals surface area contributed by atoms with E-state index in [0.717, 1.165) is 116 Å². The Balaban J connectivity index is 2.75. The molecule has 376 valence electrons. The molecule has 12 nitrogen and oxygen atoms in total. The molecular formula is C53H92O12. The Morgan fingerprint density at radius 3 is 1.35 bits per heavy atom. The van der Waals surface area contributed by atoms with Crippen molar-refractivity contribution >= 4 is 23.9 Å². The van der Waals surface area contributed by atoms with Crippen LogP contribution in [0, 0.1) is 0 Å². The van der Waals surface area contributed by atoms with E-state index in [0.29, 0.717) is 19.3 Å². The predicted molar refractivity (Wildman–Crippen MR) is 257 cm³/mol. The third-order valence-corrected chi connectivity index (χ3v) is 11.7. The van der Waals surface area contributed by atoms with Gasteiger partial charge in [0.25, 0.3) is 0 Å². The van der Waals surface area contributed by atoms with Crippen LogP contribution < -0.4 is 0 Å². The molecule has 0 amide bonds. The number of rotatable bonds is 43. The third-order valence-electron chi connectivity index (χ3n) is 11.7. The number of hydrogen-bond acceptors (Lipinski definition) is 11. The van der Waals surface area contributed by atoms with Crippen molar-refractivity contribution in [3.63, 3.8) is 0 Å². The van der Waals surface area contributed by atoms with Gasteiger partial charge in [0.1, 0.15) is 18.8 Å². The van der Waals surface area contributed by atoms with E-state index < -0.39 is 67.3 Å². The minimum Gasteiger partial charge on any atom is -0.479 e. The largest absolute Gasteiger partial charge is 0.479 e. The van der Waals surface area contributed by atoms with Gasteiger partial charge < -0.3 is 39.0 Å². The number of carboxylic acid groups (broad SMARTS) is 1. The molecule has 1 saturated heterocycles. The second-order valence-corrected chi connectivity index (χ2v) is 17.8. The highest BCUT2D eigenvalue weighted by Crippen LogP contribution is 2.26. The van der Waals surface area contributed by atoms with Crippen molar-refractivity contribution in [2.75, 3.05) is 13.2 Å². The first-order valence-corrected chi connectivity index (χ1v) is 26.0. The number of aliphatic carboxylic acids is 1. The van der Waals surface area contributed by atoms with E-state index in [1.54, 1.807) is 0 Å². The molecule has 6 unspecified atom stereocenters. The Bertz CT molecular complexity index is 1280. The molecule has 0 radical (unpaired) electrons. The normalized spacial score (nSPS) is 19.3. The number of aliphatic hydroxyl groups excluding tert-OH is 2. The number of aliphatic hydroxyl groups is 2. The summed E-state index contributed by atoms with van der Waals surface area (Å²) in [5, 5.41) is 31.3. The number of carbonyl (C=O) groups excluding carboxylic acids is 3. The van der Waals surface area contributed by atoms with E-state index in [1.807, 2.05) is 0 Å². The maximum absolute atomic E-state index is 13.0. The molecule has 0 aromatic rings. The second kappa shape index (κ2) is 42.3. The fourth-order valence-electron chi connectivity index (χ4n) is 7.56. The molecule has 0 saturated carbocycles. The molecule has 0 aromatic carbocycles. The maximum atomic E-state index is 13.0. The Hall–Kier alpha value is -3.06. The van der Waals surface area contributed by atoms with Crippen molar-refractivity contribution in [3.8, 4) is 0 Å². The fourth-order valence-corrected chi connectivity index (χ4v) is 7.56. The molecule has 1 rings (SSSR count). The van der Waals surface area contributed by atoms with Gasteiger partial charge in [0.2, 0.25) is 0 Å². The number of unbranched alkanes of at least 4 members (excludes halogenated alkanes) is 23. The first kappa shape index (κ1) is 60.0. The van der Waals surface area contributed by atoms with Crippen LogP contribution in [0.25, 0.3) is 0 Å². The Labute approximate surface area is 393 Å². The summed E-state index contributed by atoms with van der Waals surface area (Å²) < 4.78 is 28.2. The van der Waals surface area contributed by atoms with Gasteiger partial charge in [-0.3, -0.25) is 14.4 Å². The molecule has 0 spiro atoms. The predicted octanol–water partition coefficient (Wildman–Crippen LogP) is 12.1. The molecule has 1 aliphatic heterocycles. The Morgan fingerprint density at radius 2 is 0.892 bits per heavy atom. The summed E-state index contributed by atoms with van der Waals surface area (Å²) in [6.45, 7) is 5.85. The second-order valence-electron chi connectivity index (χ2n) is 17.8. The molecular weight excluding hydrogens is 829 g/mol. The molecule has 65 heavy (non-hydrogen) atoms. The van der Waals surface area contributed by atoms with Crippen LogP contribution in [0.2, 0.25) is 0 Å². The van der Waals surface area contributed by atoms with E-state index >= 15 is 0 Å².